The van der Waals surface area contributed by atoms with Crippen LogP contribution in [0.4, 0.5) is 5.69 Å². The van der Waals surface area contributed by atoms with Crippen molar-refractivity contribution in [2.75, 3.05) is 11.4 Å². The van der Waals surface area contributed by atoms with E-state index in [4.69, 9.17) is 12.2 Å². The quantitative estimate of drug-likeness (QED) is 0.628. The molecular weight excluding hydrogens is 178 g/mol. The molecule has 1 heterocycles. The fourth-order valence-corrected chi connectivity index (χ4v) is 2.03. The highest BCUT2D eigenvalue weighted by Gasteiger charge is 2.15. The Labute approximate surface area is 84.4 Å². The van der Waals surface area contributed by atoms with Crippen molar-refractivity contribution in [3.63, 3.8) is 0 Å². The molecule has 1 saturated heterocycles. The molecule has 1 aromatic carbocycles. The van der Waals surface area contributed by atoms with E-state index in [0.29, 0.717) is 0 Å². The summed E-state index contributed by atoms with van der Waals surface area (Å²) in [6, 6.07) is 10.4. The second kappa shape index (κ2) is 3.88. The number of rotatable bonds is 1. The first kappa shape index (κ1) is 8.70. The Morgan fingerprint density at radius 1 is 1.08 bits per heavy atom. The van der Waals surface area contributed by atoms with Gasteiger partial charge in [0.25, 0.3) is 0 Å². The number of hydrogen-bond donors (Lipinski definition) is 0. The number of hydrogen-bond acceptors (Lipinski definition) is 1. The zero-order valence-corrected chi connectivity index (χ0v) is 8.39. The molecule has 0 spiro atoms. The smallest absolute Gasteiger partial charge is 0.0823 e. The summed E-state index contributed by atoms with van der Waals surface area (Å²) in [4.78, 5) is 3.34. The van der Waals surface area contributed by atoms with Crippen molar-refractivity contribution in [3.05, 3.63) is 30.3 Å². The second-order valence-electron chi connectivity index (χ2n) is 3.34. The molecule has 68 valence electrons. The van der Waals surface area contributed by atoms with Crippen LogP contribution < -0.4 is 4.90 Å². The molecule has 0 aromatic heterocycles. The molecule has 2 heteroatoms. The first-order valence-electron chi connectivity index (χ1n) is 4.73. The van der Waals surface area contributed by atoms with Gasteiger partial charge in [-0.15, -0.1) is 0 Å². The fourth-order valence-electron chi connectivity index (χ4n) is 1.69. The largest absolute Gasteiger partial charge is 0.336 e. The summed E-state index contributed by atoms with van der Waals surface area (Å²) < 4.78 is 0. The molecule has 13 heavy (non-hydrogen) atoms. The molecule has 0 N–H and O–H groups in total. The number of thiocarbonyl (C=S) groups is 1. The Morgan fingerprint density at radius 2 is 1.85 bits per heavy atom. The van der Waals surface area contributed by atoms with Crippen LogP contribution in [0.2, 0.25) is 0 Å². The summed E-state index contributed by atoms with van der Waals surface area (Å²) in [6.45, 7) is 1.09. The van der Waals surface area contributed by atoms with E-state index < -0.39 is 0 Å². The normalized spacial score (nSPS) is 17.5. The van der Waals surface area contributed by atoms with Gasteiger partial charge in [-0.1, -0.05) is 30.4 Å². The summed E-state index contributed by atoms with van der Waals surface area (Å²) in [5.41, 5.74) is 1.24. The van der Waals surface area contributed by atoms with Gasteiger partial charge >= 0.3 is 0 Å². The van der Waals surface area contributed by atoms with E-state index in [1.54, 1.807) is 0 Å². The van der Waals surface area contributed by atoms with Crippen molar-refractivity contribution >= 4 is 22.9 Å². The van der Waals surface area contributed by atoms with Crippen molar-refractivity contribution in [1.82, 2.24) is 0 Å². The third-order valence-corrected chi connectivity index (χ3v) is 2.82. The van der Waals surface area contributed by atoms with Gasteiger partial charge in [-0.05, 0) is 31.4 Å². The topological polar surface area (TPSA) is 3.24 Å². The minimum atomic E-state index is 1.07. The van der Waals surface area contributed by atoms with E-state index in [1.165, 1.54) is 18.5 Å². The minimum Gasteiger partial charge on any atom is -0.336 e. The molecule has 2 rings (SSSR count). The van der Waals surface area contributed by atoms with Crippen molar-refractivity contribution < 1.29 is 0 Å². The van der Waals surface area contributed by atoms with Gasteiger partial charge in [-0.2, -0.15) is 0 Å². The lowest BCUT2D eigenvalue weighted by atomic mass is 10.1. The third kappa shape index (κ3) is 1.89. The molecule has 1 nitrogen and oxygen atoms in total. The Hall–Kier alpha value is -0.890. The standard InChI is InChI=1S/C11H13NS/c13-11-8-4-5-9-12(11)10-6-2-1-3-7-10/h1-3,6-7H,4-5,8-9H2. The molecule has 0 atom stereocenters. The molecular formula is C11H13NS. The maximum absolute atomic E-state index is 5.34. The highest BCUT2D eigenvalue weighted by atomic mass is 32.1. The third-order valence-electron chi connectivity index (χ3n) is 2.39. The average Bonchev–Trinajstić information content (AvgIpc) is 2.20. The van der Waals surface area contributed by atoms with Gasteiger partial charge < -0.3 is 4.90 Å². The molecule has 1 fully saturated rings. The van der Waals surface area contributed by atoms with Crippen molar-refractivity contribution in [3.8, 4) is 0 Å². The lowest BCUT2D eigenvalue weighted by Gasteiger charge is -2.29. The number of benzene rings is 1. The summed E-state index contributed by atoms with van der Waals surface area (Å²) >= 11 is 5.34. The molecule has 1 aliphatic heterocycles. The van der Waals surface area contributed by atoms with Crippen LogP contribution >= 0.6 is 12.2 Å². The first-order chi connectivity index (χ1) is 6.38. The lowest BCUT2D eigenvalue weighted by Crippen LogP contribution is -2.33. The van der Waals surface area contributed by atoms with Gasteiger partial charge in [0.15, 0.2) is 0 Å². The number of para-hydroxylation sites is 1. The predicted molar refractivity (Wildman–Crippen MR) is 60.2 cm³/mol. The van der Waals surface area contributed by atoms with Crippen LogP contribution in [0, 0.1) is 0 Å². The number of anilines is 1. The van der Waals surface area contributed by atoms with Crippen molar-refractivity contribution in [2.45, 2.75) is 19.3 Å². The fraction of sp³-hybridized carbons (Fsp3) is 0.364. The van der Waals surface area contributed by atoms with Gasteiger partial charge in [0.2, 0.25) is 0 Å². The first-order valence-corrected chi connectivity index (χ1v) is 5.14. The molecule has 0 unspecified atom stereocenters. The number of piperidine rings is 1. The van der Waals surface area contributed by atoms with E-state index in [-0.39, 0.29) is 0 Å². The van der Waals surface area contributed by atoms with E-state index in [0.717, 1.165) is 18.0 Å². The van der Waals surface area contributed by atoms with Crippen LogP contribution in [0.3, 0.4) is 0 Å². The lowest BCUT2D eigenvalue weighted by molar-refractivity contribution is 0.720. The van der Waals surface area contributed by atoms with Crippen LogP contribution in [-0.4, -0.2) is 11.5 Å². The highest BCUT2D eigenvalue weighted by molar-refractivity contribution is 7.80. The predicted octanol–water partition coefficient (Wildman–Crippen LogP) is 3.00. The summed E-state index contributed by atoms with van der Waals surface area (Å²) in [5.74, 6) is 0. The van der Waals surface area contributed by atoms with Crippen LogP contribution in [0.1, 0.15) is 19.3 Å². The van der Waals surface area contributed by atoms with Gasteiger partial charge in [-0.25, -0.2) is 0 Å². The van der Waals surface area contributed by atoms with Crippen LogP contribution in [0.15, 0.2) is 30.3 Å². The zero-order valence-electron chi connectivity index (χ0n) is 7.57. The zero-order chi connectivity index (χ0) is 9.10. The summed E-state index contributed by atoms with van der Waals surface area (Å²) in [7, 11) is 0. The van der Waals surface area contributed by atoms with E-state index in [2.05, 4.69) is 29.2 Å². The molecule has 0 amide bonds. The van der Waals surface area contributed by atoms with Crippen molar-refractivity contribution in [2.24, 2.45) is 0 Å². The molecule has 0 aliphatic carbocycles. The van der Waals surface area contributed by atoms with Crippen LogP contribution in [0.25, 0.3) is 0 Å². The van der Waals surface area contributed by atoms with Gasteiger partial charge in [0.05, 0.1) is 4.99 Å². The highest BCUT2D eigenvalue weighted by Crippen LogP contribution is 2.20. The Kier molecular flexibility index (Phi) is 2.60. The maximum Gasteiger partial charge on any atom is 0.0823 e. The van der Waals surface area contributed by atoms with E-state index >= 15 is 0 Å². The SMILES string of the molecule is S=C1CCCCN1c1ccccc1. The molecule has 1 aliphatic rings. The average molecular weight is 191 g/mol. The van der Waals surface area contributed by atoms with Gasteiger partial charge in [0.1, 0.15) is 0 Å². The maximum atomic E-state index is 5.34. The summed E-state index contributed by atoms with van der Waals surface area (Å²) in [6.07, 6.45) is 3.58. The van der Waals surface area contributed by atoms with Crippen LogP contribution in [-0.2, 0) is 0 Å². The molecule has 0 saturated carbocycles. The monoisotopic (exact) mass is 191 g/mol. The minimum absolute atomic E-state index is 1.07. The molecule has 0 radical (unpaired) electrons. The summed E-state index contributed by atoms with van der Waals surface area (Å²) in [5, 5.41) is 0. The Balaban J connectivity index is 2.20. The van der Waals surface area contributed by atoms with Crippen LogP contribution in [0.5, 0.6) is 0 Å². The number of nitrogens with zero attached hydrogens (tertiary/aromatic N) is 1. The molecule has 1 aromatic rings. The van der Waals surface area contributed by atoms with Gasteiger partial charge in [0, 0.05) is 12.2 Å². The van der Waals surface area contributed by atoms with E-state index in [1.807, 2.05) is 6.07 Å². The Bertz CT molecular complexity index is 294. The van der Waals surface area contributed by atoms with E-state index in [9.17, 15) is 0 Å². The van der Waals surface area contributed by atoms with Gasteiger partial charge in [-0.3, -0.25) is 0 Å². The van der Waals surface area contributed by atoms with Crippen molar-refractivity contribution in [1.29, 1.82) is 0 Å². The molecule has 0 bridgehead atoms. The Morgan fingerprint density at radius 3 is 2.54 bits per heavy atom. The second-order valence-corrected chi connectivity index (χ2v) is 3.81.